The van der Waals surface area contributed by atoms with E-state index in [1.807, 2.05) is 47.8 Å². The second-order valence-corrected chi connectivity index (χ2v) is 14.8. The first-order valence-electron chi connectivity index (χ1n) is 19.7. The molecule has 302 valence electrons. The average Bonchev–Trinajstić information content (AvgIpc) is 4.11. The molecule has 0 aliphatic carbocycles. The van der Waals surface area contributed by atoms with E-state index in [2.05, 4.69) is 57.7 Å². The Hall–Kier alpha value is -6.45. The second-order valence-electron chi connectivity index (χ2n) is 14.8. The summed E-state index contributed by atoms with van der Waals surface area (Å²) >= 11 is 0. The fourth-order valence-corrected chi connectivity index (χ4v) is 8.18. The zero-order valence-electron chi connectivity index (χ0n) is 32.6. The van der Waals surface area contributed by atoms with Crippen LogP contribution in [0.4, 0.5) is 13.2 Å². The fraction of sp³-hybridized carbons (Fsp3) is 0.273. The largest absolute Gasteiger partial charge is 0.493 e. The van der Waals surface area contributed by atoms with Crippen molar-refractivity contribution in [2.45, 2.75) is 37.8 Å². The highest BCUT2D eigenvalue weighted by atomic mass is 19.1. The van der Waals surface area contributed by atoms with E-state index in [-0.39, 0.29) is 17.3 Å². The highest BCUT2D eigenvalue weighted by Crippen LogP contribution is 2.39. The van der Waals surface area contributed by atoms with Crippen molar-refractivity contribution in [3.63, 3.8) is 0 Å². The molecule has 6 aromatic heterocycles. The van der Waals surface area contributed by atoms with Gasteiger partial charge in [0.15, 0.2) is 23.1 Å². The summed E-state index contributed by atoms with van der Waals surface area (Å²) in [5.74, 6) is -1.55. The molecule has 0 spiro atoms. The third-order valence-corrected chi connectivity index (χ3v) is 11.3. The number of piperidine rings is 2. The monoisotopic (exact) mass is 800 g/mol. The van der Waals surface area contributed by atoms with Gasteiger partial charge in [0, 0.05) is 98.5 Å². The Morgan fingerprint density at radius 2 is 1.08 bits per heavy atom. The van der Waals surface area contributed by atoms with Crippen LogP contribution in [-0.4, -0.2) is 79.9 Å². The Morgan fingerprint density at radius 3 is 1.61 bits per heavy atom. The van der Waals surface area contributed by atoms with Crippen LogP contribution in [0, 0.1) is 17.5 Å². The summed E-state index contributed by atoms with van der Waals surface area (Å²) < 4.78 is 56.9. The van der Waals surface area contributed by atoms with Crippen molar-refractivity contribution in [3.8, 4) is 56.0 Å². The summed E-state index contributed by atoms with van der Waals surface area (Å²) in [4.78, 5) is 15.3. The maximum Gasteiger partial charge on any atom is 0.168 e. The molecule has 4 N–H and O–H groups in total. The van der Waals surface area contributed by atoms with E-state index >= 15 is 0 Å². The highest BCUT2D eigenvalue weighted by molar-refractivity contribution is 5.98. The zero-order valence-corrected chi connectivity index (χ0v) is 32.6. The summed E-state index contributed by atoms with van der Waals surface area (Å²) in [5.41, 5.74) is 7.74. The molecule has 0 saturated carbocycles. The number of nitrogens with zero attached hydrogens (tertiary/aromatic N) is 6. The summed E-state index contributed by atoms with van der Waals surface area (Å²) in [6.45, 7) is 4.03. The molecule has 0 radical (unpaired) electrons. The Morgan fingerprint density at radius 1 is 0.576 bits per heavy atom. The molecule has 8 aromatic rings. The summed E-state index contributed by atoms with van der Waals surface area (Å²) in [5, 5.41) is 17.6. The lowest BCUT2D eigenvalue weighted by atomic mass is 10.0. The molecule has 0 bridgehead atoms. The Bertz CT molecular complexity index is 2740. The molecule has 2 fully saturated rings. The topological polar surface area (TPSA) is 136 Å². The van der Waals surface area contributed by atoms with Gasteiger partial charge in [0.25, 0.3) is 0 Å². The Labute approximate surface area is 337 Å². The minimum Gasteiger partial charge on any atom is -0.493 e. The number of nitrogens with one attached hydrogen (secondary N) is 4. The van der Waals surface area contributed by atoms with Crippen molar-refractivity contribution < 1.29 is 22.6 Å². The Balaban J connectivity index is 0.000000152. The van der Waals surface area contributed by atoms with Gasteiger partial charge in [0.2, 0.25) is 0 Å². The molecule has 0 atom stereocenters. The molecule has 2 aliphatic rings. The molecule has 10 rings (SSSR count). The number of ether oxygens (including phenoxy) is 2. The van der Waals surface area contributed by atoms with E-state index in [1.165, 1.54) is 26.4 Å². The lowest BCUT2D eigenvalue weighted by Crippen LogP contribution is -2.29. The number of H-pyrrole nitrogens is 2. The Kier molecular flexibility index (Phi) is 10.6. The third kappa shape index (κ3) is 7.54. The molecular weight excluding hydrogens is 758 g/mol. The van der Waals surface area contributed by atoms with Gasteiger partial charge in [-0.3, -0.25) is 9.36 Å². The minimum atomic E-state index is -0.741. The van der Waals surface area contributed by atoms with Crippen LogP contribution < -0.4 is 20.1 Å². The van der Waals surface area contributed by atoms with Crippen molar-refractivity contribution in [1.82, 2.24) is 50.1 Å². The van der Waals surface area contributed by atoms with Gasteiger partial charge in [-0.2, -0.15) is 10.2 Å². The van der Waals surface area contributed by atoms with Gasteiger partial charge in [-0.1, -0.05) is 12.1 Å². The van der Waals surface area contributed by atoms with Crippen LogP contribution >= 0.6 is 0 Å². The van der Waals surface area contributed by atoms with Crippen molar-refractivity contribution in [2.75, 3.05) is 40.4 Å². The molecule has 15 heteroatoms. The third-order valence-electron chi connectivity index (χ3n) is 11.3. The van der Waals surface area contributed by atoms with Crippen LogP contribution in [0.3, 0.4) is 0 Å². The van der Waals surface area contributed by atoms with Gasteiger partial charge < -0.3 is 30.1 Å². The first kappa shape index (κ1) is 38.1. The molecule has 0 amide bonds. The van der Waals surface area contributed by atoms with E-state index in [4.69, 9.17) is 9.47 Å². The average molecular weight is 801 g/mol. The number of benzene rings is 2. The number of aromatic amines is 2. The lowest BCUT2D eigenvalue weighted by molar-refractivity contribution is 0.343. The normalized spacial score (nSPS) is 15.1. The molecule has 0 unspecified atom stereocenters. The minimum absolute atomic E-state index is 0.00132. The van der Waals surface area contributed by atoms with Crippen molar-refractivity contribution in [1.29, 1.82) is 0 Å². The molecule has 12 nitrogen and oxygen atoms in total. The highest BCUT2D eigenvalue weighted by Gasteiger charge is 2.21. The molecule has 8 heterocycles. The SMILES string of the molecule is COc1c(F)cc(F)cc1-c1c[nH]c2ncc(-c3cnn(C4CCNCC4)c3)cc12.COc1c(F)cccc1-c1c[nH]c2ncc(-c3cnn(C4CCNCC4)c3)cc12. The number of hydrogen-bond donors (Lipinski definition) is 4. The fourth-order valence-electron chi connectivity index (χ4n) is 8.18. The van der Waals surface area contributed by atoms with Crippen LogP contribution in [0.2, 0.25) is 0 Å². The number of methoxy groups -OCH3 is 2. The molecule has 2 saturated heterocycles. The quantitative estimate of drug-likeness (QED) is 0.120. The van der Waals surface area contributed by atoms with E-state index in [0.717, 1.165) is 102 Å². The predicted molar refractivity (Wildman–Crippen MR) is 221 cm³/mol. The molecular formula is C44H43F3N10O2. The van der Waals surface area contributed by atoms with Gasteiger partial charge in [0.05, 0.1) is 38.7 Å². The number of aromatic nitrogens is 8. The maximum atomic E-state index is 14.2. The number of fused-ring (bicyclic) bond motifs is 2. The van der Waals surface area contributed by atoms with Gasteiger partial charge in [-0.05, 0) is 76.1 Å². The van der Waals surface area contributed by atoms with Crippen LogP contribution in [0.25, 0.3) is 66.6 Å². The molecule has 2 aromatic carbocycles. The van der Waals surface area contributed by atoms with Crippen molar-refractivity contribution in [2.24, 2.45) is 0 Å². The zero-order chi connectivity index (χ0) is 40.5. The van der Waals surface area contributed by atoms with E-state index in [1.54, 1.807) is 18.5 Å². The number of rotatable bonds is 8. The van der Waals surface area contributed by atoms with E-state index in [0.29, 0.717) is 34.4 Å². The first-order valence-corrected chi connectivity index (χ1v) is 19.7. The summed E-state index contributed by atoms with van der Waals surface area (Å²) in [7, 11) is 2.85. The van der Waals surface area contributed by atoms with Gasteiger partial charge in [0.1, 0.15) is 17.1 Å². The predicted octanol–water partition coefficient (Wildman–Crippen LogP) is 8.47. The lowest BCUT2D eigenvalue weighted by Gasteiger charge is -2.22. The number of halogens is 3. The van der Waals surface area contributed by atoms with Gasteiger partial charge in [-0.15, -0.1) is 0 Å². The van der Waals surface area contributed by atoms with Crippen molar-refractivity contribution in [3.05, 3.63) is 109 Å². The molecule has 59 heavy (non-hydrogen) atoms. The smallest absolute Gasteiger partial charge is 0.168 e. The van der Waals surface area contributed by atoms with Crippen LogP contribution in [-0.2, 0) is 0 Å². The first-order chi connectivity index (χ1) is 28.9. The van der Waals surface area contributed by atoms with Crippen LogP contribution in [0.15, 0.2) is 92.0 Å². The standard InChI is InChI=1S/C22H21F2N5O.C22H22FN5O/c1-30-21-17(7-15(23)8-20(21)24)19-11-27-22-18(19)6-13(9-26-22)14-10-28-29(12-14)16-2-4-25-5-3-16;1-29-21-17(3-2-4-20(21)23)19-12-26-22-18(19)9-14(10-25-22)15-11-27-28(13-15)16-5-7-24-8-6-16/h6-12,16,25H,2-5H2,1H3,(H,26,27);2-4,9-13,16,24H,5-8H2,1H3,(H,25,26). The molecule has 2 aliphatic heterocycles. The number of para-hydroxylation sites is 1. The number of pyridine rings is 2. The van der Waals surface area contributed by atoms with Crippen LogP contribution in [0.1, 0.15) is 37.8 Å². The van der Waals surface area contributed by atoms with E-state index < -0.39 is 11.6 Å². The van der Waals surface area contributed by atoms with Gasteiger partial charge in [-0.25, -0.2) is 23.1 Å². The van der Waals surface area contributed by atoms with Gasteiger partial charge >= 0.3 is 0 Å². The van der Waals surface area contributed by atoms with Crippen LogP contribution in [0.5, 0.6) is 11.5 Å². The van der Waals surface area contributed by atoms with E-state index in [9.17, 15) is 13.2 Å². The summed E-state index contributed by atoms with van der Waals surface area (Å²) in [6.07, 6.45) is 19.3. The number of hydrogen-bond acceptors (Lipinski definition) is 8. The van der Waals surface area contributed by atoms with Crippen molar-refractivity contribution >= 4 is 22.1 Å². The maximum absolute atomic E-state index is 14.2. The summed E-state index contributed by atoms with van der Waals surface area (Å²) in [6, 6.07) is 11.9. The second kappa shape index (κ2) is 16.4.